The number of aromatic nitrogens is 1. The molecular formula is C25H22N4O2. The van der Waals surface area contributed by atoms with E-state index in [0.29, 0.717) is 23.8 Å². The first-order chi connectivity index (χ1) is 15.2. The summed E-state index contributed by atoms with van der Waals surface area (Å²) in [6, 6.07) is 28.6. The average molecular weight is 410 g/mol. The van der Waals surface area contributed by atoms with Gasteiger partial charge in [0.05, 0.1) is 11.9 Å². The zero-order valence-corrected chi connectivity index (χ0v) is 16.8. The Hall–Kier alpha value is -4.32. The van der Waals surface area contributed by atoms with E-state index in [4.69, 9.17) is 10.5 Å². The lowest BCUT2D eigenvalue weighted by Crippen LogP contribution is -2.19. The first kappa shape index (κ1) is 20.0. The number of urea groups is 1. The van der Waals surface area contributed by atoms with E-state index in [0.717, 1.165) is 22.4 Å². The van der Waals surface area contributed by atoms with Crippen molar-refractivity contribution in [2.75, 3.05) is 16.4 Å². The number of carbonyl (C=O) groups excluding carboxylic acids is 1. The van der Waals surface area contributed by atoms with Crippen LogP contribution in [0.2, 0.25) is 0 Å². The number of ether oxygens (including phenoxy) is 1. The predicted octanol–water partition coefficient (Wildman–Crippen LogP) is 5.55. The SMILES string of the molecule is Nc1ccc(NC(=O)Nc2ccc(OCc3ccccc3-c3ccccc3)cc2)cn1. The van der Waals surface area contributed by atoms with Gasteiger partial charge in [-0.15, -0.1) is 0 Å². The van der Waals surface area contributed by atoms with Crippen molar-refractivity contribution in [1.29, 1.82) is 0 Å². The van der Waals surface area contributed by atoms with Crippen molar-refractivity contribution in [3.63, 3.8) is 0 Å². The summed E-state index contributed by atoms with van der Waals surface area (Å²) in [7, 11) is 0. The molecule has 3 aromatic carbocycles. The molecule has 154 valence electrons. The zero-order chi connectivity index (χ0) is 21.5. The molecule has 0 bridgehead atoms. The quantitative estimate of drug-likeness (QED) is 0.389. The fourth-order valence-corrected chi connectivity index (χ4v) is 3.11. The van der Waals surface area contributed by atoms with Crippen LogP contribution in [0, 0.1) is 0 Å². The van der Waals surface area contributed by atoms with Crippen molar-refractivity contribution in [2.45, 2.75) is 6.61 Å². The molecule has 6 nitrogen and oxygen atoms in total. The van der Waals surface area contributed by atoms with Gasteiger partial charge in [0.15, 0.2) is 0 Å². The smallest absolute Gasteiger partial charge is 0.323 e. The number of pyridine rings is 1. The fraction of sp³-hybridized carbons (Fsp3) is 0.0400. The molecule has 0 unspecified atom stereocenters. The van der Waals surface area contributed by atoms with Crippen LogP contribution in [0.25, 0.3) is 11.1 Å². The standard InChI is InChI=1S/C25H22N4O2/c26-24-15-12-21(16-27-24)29-25(30)28-20-10-13-22(14-11-20)31-17-19-8-4-5-9-23(19)18-6-2-1-3-7-18/h1-16H,17H2,(H2,26,27)(H2,28,29,30). The highest BCUT2D eigenvalue weighted by molar-refractivity contribution is 5.99. The number of anilines is 3. The number of nitrogens with one attached hydrogen (secondary N) is 2. The molecule has 4 aromatic rings. The van der Waals surface area contributed by atoms with Crippen molar-refractivity contribution in [1.82, 2.24) is 4.98 Å². The summed E-state index contributed by atoms with van der Waals surface area (Å²) in [6.07, 6.45) is 1.50. The van der Waals surface area contributed by atoms with Crippen LogP contribution in [-0.2, 0) is 6.61 Å². The summed E-state index contributed by atoms with van der Waals surface area (Å²) < 4.78 is 5.97. The van der Waals surface area contributed by atoms with E-state index < -0.39 is 0 Å². The molecule has 1 aromatic heterocycles. The van der Waals surface area contributed by atoms with Crippen LogP contribution in [0.5, 0.6) is 5.75 Å². The second kappa shape index (κ2) is 9.45. The number of nitrogens with zero attached hydrogens (tertiary/aromatic N) is 1. The highest BCUT2D eigenvalue weighted by atomic mass is 16.5. The molecule has 0 aliphatic carbocycles. The van der Waals surface area contributed by atoms with Crippen molar-refractivity contribution < 1.29 is 9.53 Å². The summed E-state index contributed by atoms with van der Waals surface area (Å²) in [5.41, 5.74) is 10.2. The first-order valence-corrected chi connectivity index (χ1v) is 9.83. The molecule has 0 radical (unpaired) electrons. The maximum atomic E-state index is 12.1. The van der Waals surface area contributed by atoms with E-state index in [1.807, 2.05) is 42.5 Å². The van der Waals surface area contributed by atoms with Crippen LogP contribution in [0.1, 0.15) is 5.56 Å². The van der Waals surface area contributed by atoms with Gasteiger partial charge in [-0.3, -0.25) is 0 Å². The molecule has 31 heavy (non-hydrogen) atoms. The van der Waals surface area contributed by atoms with Gasteiger partial charge in [0.25, 0.3) is 0 Å². The monoisotopic (exact) mass is 410 g/mol. The van der Waals surface area contributed by atoms with E-state index in [2.05, 4.69) is 39.9 Å². The Morgan fingerprint density at radius 2 is 1.48 bits per heavy atom. The van der Waals surface area contributed by atoms with E-state index in [1.54, 1.807) is 24.3 Å². The number of hydrogen-bond acceptors (Lipinski definition) is 4. The second-order valence-corrected chi connectivity index (χ2v) is 6.89. The molecule has 1 heterocycles. The third-order valence-corrected chi connectivity index (χ3v) is 4.65. The fourth-order valence-electron chi connectivity index (χ4n) is 3.11. The molecule has 0 aliphatic rings. The highest BCUT2D eigenvalue weighted by Crippen LogP contribution is 2.25. The predicted molar refractivity (Wildman–Crippen MR) is 124 cm³/mol. The Morgan fingerprint density at radius 3 is 2.23 bits per heavy atom. The van der Waals surface area contributed by atoms with Crippen LogP contribution >= 0.6 is 0 Å². The van der Waals surface area contributed by atoms with Crippen LogP contribution in [0.3, 0.4) is 0 Å². The normalized spacial score (nSPS) is 10.3. The average Bonchev–Trinajstić information content (AvgIpc) is 2.81. The van der Waals surface area contributed by atoms with Crippen LogP contribution < -0.4 is 21.1 Å². The molecule has 0 aliphatic heterocycles. The molecular weight excluding hydrogens is 388 g/mol. The topological polar surface area (TPSA) is 89.3 Å². The van der Waals surface area contributed by atoms with E-state index >= 15 is 0 Å². The second-order valence-electron chi connectivity index (χ2n) is 6.89. The largest absolute Gasteiger partial charge is 0.489 e. The molecule has 0 saturated carbocycles. The molecule has 6 heteroatoms. The Morgan fingerprint density at radius 1 is 0.806 bits per heavy atom. The van der Waals surface area contributed by atoms with Gasteiger partial charge in [-0.05, 0) is 53.1 Å². The van der Waals surface area contributed by atoms with Gasteiger partial charge >= 0.3 is 6.03 Å². The summed E-state index contributed by atoms with van der Waals surface area (Å²) >= 11 is 0. The number of nitrogens with two attached hydrogens (primary N) is 1. The lowest BCUT2D eigenvalue weighted by molar-refractivity contribution is 0.262. The molecule has 0 saturated heterocycles. The van der Waals surface area contributed by atoms with Crippen LogP contribution in [-0.4, -0.2) is 11.0 Å². The zero-order valence-electron chi connectivity index (χ0n) is 16.8. The number of hydrogen-bond donors (Lipinski definition) is 3. The van der Waals surface area contributed by atoms with Gasteiger partial charge in [-0.1, -0.05) is 54.6 Å². The maximum Gasteiger partial charge on any atom is 0.323 e. The third-order valence-electron chi connectivity index (χ3n) is 4.65. The minimum Gasteiger partial charge on any atom is -0.489 e. The number of carbonyl (C=O) groups is 1. The van der Waals surface area contributed by atoms with Crippen molar-refractivity contribution in [2.24, 2.45) is 0 Å². The number of nitrogen functional groups attached to an aromatic ring is 1. The number of amides is 2. The Kier molecular flexibility index (Phi) is 6.09. The molecule has 0 spiro atoms. The first-order valence-electron chi connectivity index (χ1n) is 9.83. The van der Waals surface area contributed by atoms with Gasteiger partial charge < -0.3 is 21.1 Å². The molecule has 4 N–H and O–H groups in total. The van der Waals surface area contributed by atoms with Gasteiger partial charge in [0.1, 0.15) is 18.2 Å². The van der Waals surface area contributed by atoms with Gasteiger partial charge in [0.2, 0.25) is 0 Å². The molecule has 4 rings (SSSR count). The molecule has 0 fully saturated rings. The lowest BCUT2D eigenvalue weighted by atomic mass is 10.0. The van der Waals surface area contributed by atoms with Crippen LogP contribution in [0.4, 0.5) is 22.0 Å². The highest BCUT2D eigenvalue weighted by Gasteiger charge is 2.06. The lowest BCUT2D eigenvalue weighted by Gasteiger charge is -2.12. The molecule has 2 amide bonds. The summed E-state index contributed by atoms with van der Waals surface area (Å²) in [5, 5.41) is 5.47. The third kappa shape index (κ3) is 5.39. The van der Waals surface area contributed by atoms with Gasteiger partial charge in [0, 0.05) is 5.69 Å². The van der Waals surface area contributed by atoms with Gasteiger partial charge in [-0.25, -0.2) is 9.78 Å². The van der Waals surface area contributed by atoms with Crippen molar-refractivity contribution in [3.8, 4) is 16.9 Å². The summed E-state index contributed by atoms with van der Waals surface area (Å²) in [6.45, 7) is 0.447. The van der Waals surface area contributed by atoms with Crippen molar-refractivity contribution in [3.05, 3.63) is 103 Å². The van der Waals surface area contributed by atoms with Crippen molar-refractivity contribution >= 4 is 23.2 Å². The van der Waals surface area contributed by atoms with Crippen LogP contribution in [0.15, 0.2) is 97.2 Å². The Balaban J connectivity index is 1.35. The number of rotatable bonds is 6. The Labute approximate surface area is 180 Å². The van der Waals surface area contributed by atoms with E-state index in [1.165, 1.54) is 6.20 Å². The minimum atomic E-state index is -0.364. The minimum absolute atomic E-state index is 0.364. The summed E-state index contributed by atoms with van der Waals surface area (Å²) in [4.78, 5) is 16.1. The Bertz CT molecular complexity index is 1140. The number of benzene rings is 3. The molecule has 0 atom stereocenters. The van der Waals surface area contributed by atoms with Gasteiger partial charge in [-0.2, -0.15) is 0 Å². The maximum absolute atomic E-state index is 12.1. The summed E-state index contributed by atoms with van der Waals surface area (Å²) in [5.74, 6) is 1.12. The van der Waals surface area contributed by atoms with E-state index in [-0.39, 0.29) is 6.03 Å². The van der Waals surface area contributed by atoms with E-state index in [9.17, 15) is 4.79 Å².